The van der Waals surface area contributed by atoms with Crippen LogP contribution < -0.4 is 11.3 Å². The molecule has 0 saturated heterocycles. The Balaban J connectivity index is 2.03. The summed E-state index contributed by atoms with van der Waals surface area (Å²) in [5.74, 6) is 5.73. The predicted molar refractivity (Wildman–Crippen MR) is 75.9 cm³/mol. The third-order valence-electron chi connectivity index (χ3n) is 3.83. The SMILES string of the molecule is Cn1ncc(Cl)c1C(NN)c1ccc2c(c1)CCC2. The minimum atomic E-state index is -0.133. The molecule has 0 radical (unpaired) electrons. The molecule has 0 saturated carbocycles. The van der Waals surface area contributed by atoms with Crippen LogP contribution in [0.25, 0.3) is 0 Å². The lowest BCUT2D eigenvalue weighted by Gasteiger charge is -2.18. The quantitative estimate of drug-likeness (QED) is 0.667. The summed E-state index contributed by atoms with van der Waals surface area (Å²) in [6, 6.07) is 6.42. The van der Waals surface area contributed by atoms with Crippen molar-refractivity contribution in [3.05, 3.63) is 51.8 Å². The van der Waals surface area contributed by atoms with Gasteiger partial charge in [0.25, 0.3) is 0 Å². The van der Waals surface area contributed by atoms with Crippen LogP contribution in [0.2, 0.25) is 5.02 Å². The molecule has 1 atom stereocenters. The molecule has 0 aliphatic heterocycles. The summed E-state index contributed by atoms with van der Waals surface area (Å²) in [5.41, 5.74) is 7.75. The summed E-state index contributed by atoms with van der Waals surface area (Å²) in [7, 11) is 1.87. The highest BCUT2D eigenvalue weighted by atomic mass is 35.5. The van der Waals surface area contributed by atoms with Gasteiger partial charge in [0.2, 0.25) is 0 Å². The highest BCUT2D eigenvalue weighted by Crippen LogP contribution is 2.30. The van der Waals surface area contributed by atoms with Crippen LogP contribution in [0.3, 0.4) is 0 Å². The van der Waals surface area contributed by atoms with Gasteiger partial charge in [-0.3, -0.25) is 10.5 Å². The van der Waals surface area contributed by atoms with Gasteiger partial charge in [0.15, 0.2) is 0 Å². The molecule has 1 unspecified atom stereocenters. The fraction of sp³-hybridized carbons (Fsp3) is 0.357. The molecule has 19 heavy (non-hydrogen) atoms. The summed E-state index contributed by atoms with van der Waals surface area (Å²) >= 11 is 6.21. The van der Waals surface area contributed by atoms with Crippen molar-refractivity contribution in [2.24, 2.45) is 12.9 Å². The van der Waals surface area contributed by atoms with Crippen molar-refractivity contribution in [3.8, 4) is 0 Å². The van der Waals surface area contributed by atoms with Crippen molar-refractivity contribution in [1.82, 2.24) is 15.2 Å². The Bertz CT molecular complexity index is 586. The van der Waals surface area contributed by atoms with Gasteiger partial charge in [-0.2, -0.15) is 5.10 Å². The standard InChI is InChI=1S/C14H17ClN4/c1-19-14(12(15)8-17-19)13(18-16)11-6-5-9-3-2-4-10(9)7-11/h5-8,13,18H,2-4,16H2,1H3. The van der Waals surface area contributed by atoms with Crippen LogP contribution >= 0.6 is 11.6 Å². The van der Waals surface area contributed by atoms with Crippen molar-refractivity contribution >= 4 is 11.6 Å². The molecule has 100 valence electrons. The molecule has 0 amide bonds. The largest absolute Gasteiger partial charge is 0.271 e. The number of rotatable bonds is 3. The third-order valence-corrected chi connectivity index (χ3v) is 4.12. The van der Waals surface area contributed by atoms with Crippen LogP contribution in [0, 0.1) is 0 Å². The Kier molecular flexibility index (Phi) is 3.31. The molecule has 1 aromatic heterocycles. The molecule has 5 heteroatoms. The van der Waals surface area contributed by atoms with Gasteiger partial charge in [-0.05, 0) is 36.0 Å². The second-order valence-electron chi connectivity index (χ2n) is 4.98. The second kappa shape index (κ2) is 4.96. The highest BCUT2D eigenvalue weighted by molar-refractivity contribution is 6.31. The van der Waals surface area contributed by atoms with Crippen molar-refractivity contribution < 1.29 is 0 Å². The van der Waals surface area contributed by atoms with E-state index in [1.807, 2.05) is 7.05 Å². The summed E-state index contributed by atoms with van der Waals surface area (Å²) in [5, 5.41) is 4.80. The van der Waals surface area contributed by atoms with Crippen LogP contribution in [0.5, 0.6) is 0 Å². The maximum absolute atomic E-state index is 6.21. The maximum Gasteiger partial charge on any atom is 0.0893 e. The van der Waals surface area contributed by atoms with Gasteiger partial charge in [-0.25, -0.2) is 5.43 Å². The smallest absolute Gasteiger partial charge is 0.0893 e. The molecular weight excluding hydrogens is 260 g/mol. The summed E-state index contributed by atoms with van der Waals surface area (Å²) in [6.07, 6.45) is 5.23. The number of aryl methyl sites for hydroxylation is 3. The zero-order valence-corrected chi connectivity index (χ0v) is 11.6. The van der Waals surface area contributed by atoms with Crippen molar-refractivity contribution in [1.29, 1.82) is 0 Å². The number of nitrogens with two attached hydrogens (primary N) is 1. The van der Waals surface area contributed by atoms with Crippen molar-refractivity contribution in [2.45, 2.75) is 25.3 Å². The molecule has 0 fully saturated rings. The van der Waals surface area contributed by atoms with Gasteiger partial charge >= 0.3 is 0 Å². The van der Waals surface area contributed by atoms with E-state index in [2.05, 4.69) is 28.7 Å². The number of hydrogen-bond donors (Lipinski definition) is 2. The lowest BCUT2D eigenvalue weighted by atomic mass is 9.99. The minimum absolute atomic E-state index is 0.133. The lowest BCUT2D eigenvalue weighted by molar-refractivity contribution is 0.575. The number of benzene rings is 1. The van der Waals surface area contributed by atoms with Crippen LogP contribution in [-0.2, 0) is 19.9 Å². The molecule has 1 aromatic carbocycles. The van der Waals surface area contributed by atoms with Gasteiger partial charge in [-0.15, -0.1) is 0 Å². The Hall–Kier alpha value is -1.36. The molecular formula is C14H17ClN4. The van der Waals surface area contributed by atoms with Gasteiger partial charge in [0.1, 0.15) is 0 Å². The lowest BCUT2D eigenvalue weighted by Crippen LogP contribution is -2.30. The fourth-order valence-electron chi connectivity index (χ4n) is 2.85. The molecule has 1 aliphatic rings. The predicted octanol–water partition coefficient (Wildman–Crippen LogP) is 2.11. The van der Waals surface area contributed by atoms with E-state index in [0.29, 0.717) is 5.02 Å². The number of hydrazine groups is 1. The number of aromatic nitrogens is 2. The van der Waals surface area contributed by atoms with E-state index >= 15 is 0 Å². The van der Waals surface area contributed by atoms with E-state index in [1.54, 1.807) is 10.9 Å². The van der Waals surface area contributed by atoms with Gasteiger partial charge < -0.3 is 0 Å². The number of halogens is 1. The Morgan fingerprint density at radius 1 is 1.37 bits per heavy atom. The molecule has 0 bridgehead atoms. The van der Waals surface area contributed by atoms with E-state index in [1.165, 1.54) is 24.0 Å². The number of hydrogen-bond acceptors (Lipinski definition) is 3. The normalized spacial score (nSPS) is 15.5. The van der Waals surface area contributed by atoms with Crippen LogP contribution in [0.15, 0.2) is 24.4 Å². The average Bonchev–Trinajstić information content (AvgIpc) is 3.00. The summed E-state index contributed by atoms with van der Waals surface area (Å²) in [4.78, 5) is 0. The van der Waals surface area contributed by atoms with E-state index < -0.39 is 0 Å². The molecule has 1 heterocycles. The zero-order valence-electron chi connectivity index (χ0n) is 10.9. The summed E-state index contributed by atoms with van der Waals surface area (Å²) in [6.45, 7) is 0. The van der Waals surface area contributed by atoms with Gasteiger partial charge in [0.05, 0.1) is 23.0 Å². The summed E-state index contributed by atoms with van der Waals surface area (Å²) < 4.78 is 1.76. The minimum Gasteiger partial charge on any atom is -0.271 e. The third kappa shape index (κ3) is 2.16. The molecule has 3 rings (SSSR count). The first-order valence-corrected chi connectivity index (χ1v) is 6.83. The first-order valence-electron chi connectivity index (χ1n) is 6.46. The monoisotopic (exact) mass is 276 g/mol. The van der Waals surface area contributed by atoms with Gasteiger partial charge in [-0.1, -0.05) is 29.8 Å². The molecule has 3 N–H and O–H groups in total. The van der Waals surface area contributed by atoms with Gasteiger partial charge in [0, 0.05) is 7.05 Å². The first-order chi connectivity index (χ1) is 9.20. The van der Waals surface area contributed by atoms with E-state index in [0.717, 1.165) is 17.7 Å². The second-order valence-corrected chi connectivity index (χ2v) is 5.39. The number of fused-ring (bicyclic) bond motifs is 1. The van der Waals surface area contributed by atoms with Crippen molar-refractivity contribution in [2.75, 3.05) is 0 Å². The topological polar surface area (TPSA) is 55.9 Å². The Morgan fingerprint density at radius 2 is 2.16 bits per heavy atom. The fourth-order valence-corrected chi connectivity index (χ4v) is 3.12. The average molecular weight is 277 g/mol. The molecule has 1 aliphatic carbocycles. The van der Waals surface area contributed by atoms with E-state index in [-0.39, 0.29) is 6.04 Å². The molecule has 2 aromatic rings. The number of nitrogens with zero attached hydrogens (tertiary/aromatic N) is 2. The number of nitrogens with one attached hydrogen (secondary N) is 1. The Morgan fingerprint density at radius 3 is 2.84 bits per heavy atom. The first kappa shape index (κ1) is 12.7. The highest BCUT2D eigenvalue weighted by Gasteiger charge is 2.21. The van der Waals surface area contributed by atoms with Crippen LogP contribution in [0.1, 0.15) is 34.8 Å². The van der Waals surface area contributed by atoms with E-state index in [9.17, 15) is 0 Å². The van der Waals surface area contributed by atoms with Crippen molar-refractivity contribution in [3.63, 3.8) is 0 Å². The zero-order chi connectivity index (χ0) is 13.4. The maximum atomic E-state index is 6.21. The van der Waals surface area contributed by atoms with Crippen LogP contribution in [0.4, 0.5) is 0 Å². The van der Waals surface area contributed by atoms with E-state index in [4.69, 9.17) is 17.4 Å². The Labute approximate surface area is 117 Å². The molecule has 0 spiro atoms. The van der Waals surface area contributed by atoms with Crippen LogP contribution in [-0.4, -0.2) is 9.78 Å². The molecule has 4 nitrogen and oxygen atoms in total.